The van der Waals surface area contributed by atoms with Crippen molar-refractivity contribution >= 4 is 27.6 Å². The molecule has 1 atom stereocenters. The molecule has 0 radical (unpaired) electrons. The van der Waals surface area contributed by atoms with Crippen LogP contribution in [0.15, 0.2) is 47.4 Å². The van der Waals surface area contributed by atoms with Gasteiger partial charge in [-0.05, 0) is 49.6 Å². The average molecular weight is 418 g/mol. The van der Waals surface area contributed by atoms with Crippen LogP contribution in [0.5, 0.6) is 5.75 Å². The number of esters is 1. The lowest BCUT2D eigenvalue weighted by molar-refractivity contribution is -0.125. The number of sulfonamides is 1. The molecule has 0 fully saturated rings. The van der Waals surface area contributed by atoms with Gasteiger partial charge in [0.1, 0.15) is 10.6 Å². The first kappa shape index (κ1) is 20.7. The molecule has 2 aromatic carbocycles. The van der Waals surface area contributed by atoms with Crippen molar-refractivity contribution in [3.63, 3.8) is 0 Å². The zero-order chi connectivity index (χ0) is 21.2. The number of anilines is 1. The maximum atomic E-state index is 13.5. The predicted octanol–water partition coefficient (Wildman–Crippen LogP) is 1.87. The minimum absolute atomic E-state index is 0.0252. The fourth-order valence-corrected chi connectivity index (χ4v) is 4.88. The Balaban J connectivity index is 2.03. The van der Waals surface area contributed by atoms with Crippen LogP contribution in [-0.4, -0.2) is 40.1 Å². The number of primary amides is 1. The molecule has 0 aliphatic carbocycles. The molecule has 9 heteroatoms. The molecular weight excluding hydrogens is 396 g/mol. The molecule has 0 saturated heterocycles. The van der Waals surface area contributed by atoms with E-state index in [1.807, 2.05) is 12.1 Å². The minimum atomic E-state index is -4.01. The van der Waals surface area contributed by atoms with E-state index in [2.05, 4.69) is 0 Å². The standard InChI is InChI=1S/C20H22N2O6S/c1-13(19(21)23)28-20(24)15-9-10-17(27-2)18(12-15)29(25,26)22-11-5-7-14-6-3-4-8-16(14)22/h3-4,6,8-10,12-13H,5,7,11H2,1-2H3,(H2,21,23)/t13-/m0/s1. The Kier molecular flexibility index (Phi) is 5.78. The fraction of sp³-hybridized carbons (Fsp3) is 0.300. The van der Waals surface area contributed by atoms with Crippen LogP contribution >= 0.6 is 0 Å². The van der Waals surface area contributed by atoms with E-state index in [4.69, 9.17) is 15.2 Å². The van der Waals surface area contributed by atoms with Gasteiger partial charge in [-0.15, -0.1) is 0 Å². The number of nitrogens with two attached hydrogens (primary N) is 1. The molecule has 2 aromatic rings. The Morgan fingerprint density at radius 2 is 1.90 bits per heavy atom. The highest BCUT2D eigenvalue weighted by atomic mass is 32.2. The largest absolute Gasteiger partial charge is 0.495 e. The highest BCUT2D eigenvalue weighted by Gasteiger charge is 2.32. The number of amides is 1. The Morgan fingerprint density at radius 3 is 2.59 bits per heavy atom. The summed E-state index contributed by atoms with van der Waals surface area (Å²) in [5, 5.41) is 0. The average Bonchev–Trinajstić information content (AvgIpc) is 2.72. The van der Waals surface area contributed by atoms with Gasteiger partial charge in [-0.3, -0.25) is 9.10 Å². The van der Waals surface area contributed by atoms with Crippen LogP contribution in [0.4, 0.5) is 5.69 Å². The maximum absolute atomic E-state index is 13.5. The summed E-state index contributed by atoms with van der Waals surface area (Å²) in [7, 11) is -2.66. The molecule has 1 aliphatic rings. The minimum Gasteiger partial charge on any atom is -0.495 e. The molecule has 1 amide bonds. The normalized spacial score (nSPS) is 14.6. The second-order valence-electron chi connectivity index (χ2n) is 6.62. The zero-order valence-electron chi connectivity index (χ0n) is 16.1. The van der Waals surface area contributed by atoms with Crippen molar-refractivity contribution in [1.82, 2.24) is 0 Å². The molecule has 1 heterocycles. The number of rotatable bonds is 6. The highest BCUT2D eigenvalue weighted by Crippen LogP contribution is 2.35. The fourth-order valence-electron chi connectivity index (χ4n) is 3.16. The zero-order valence-corrected chi connectivity index (χ0v) is 16.9. The number of ether oxygens (including phenoxy) is 2. The van der Waals surface area contributed by atoms with E-state index in [1.54, 1.807) is 12.1 Å². The van der Waals surface area contributed by atoms with Gasteiger partial charge in [0.2, 0.25) is 0 Å². The van der Waals surface area contributed by atoms with Gasteiger partial charge in [-0.25, -0.2) is 13.2 Å². The van der Waals surface area contributed by atoms with E-state index in [1.165, 1.54) is 36.5 Å². The lowest BCUT2D eigenvalue weighted by atomic mass is 10.0. The van der Waals surface area contributed by atoms with Crippen LogP contribution in [0.1, 0.15) is 29.3 Å². The van der Waals surface area contributed by atoms with E-state index < -0.39 is 28.0 Å². The molecule has 154 valence electrons. The first-order valence-corrected chi connectivity index (χ1v) is 10.5. The number of hydrogen-bond donors (Lipinski definition) is 1. The van der Waals surface area contributed by atoms with Crippen LogP contribution in [-0.2, 0) is 26.0 Å². The quantitative estimate of drug-likeness (QED) is 0.716. The van der Waals surface area contributed by atoms with Gasteiger partial charge in [0.05, 0.1) is 18.4 Å². The van der Waals surface area contributed by atoms with Crippen LogP contribution in [0.3, 0.4) is 0 Å². The third-order valence-corrected chi connectivity index (χ3v) is 6.55. The first-order valence-electron chi connectivity index (χ1n) is 9.04. The molecule has 1 aliphatic heterocycles. The molecule has 0 aromatic heterocycles. The SMILES string of the molecule is COc1ccc(C(=O)O[C@@H](C)C(N)=O)cc1S(=O)(=O)N1CCCc2ccccc21. The predicted molar refractivity (Wildman–Crippen MR) is 106 cm³/mol. The Hall–Kier alpha value is -3.07. The van der Waals surface area contributed by atoms with E-state index >= 15 is 0 Å². The topological polar surface area (TPSA) is 116 Å². The van der Waals surface area contributed by atoms with Crippen molar-refractivity contribution in [2.45, 2.75) is 30.8 Å². The Labute approximate surface area is 169 Å². The Bertz CT molecular complexity index is 1050. The monoisotopic (exact) mass is 418 g/mol. The van der Waals surface area contributed by atoms with Gasteiger partial charge in [-0.2, -0.15) is 0 Å². The van der Waals surface area contributed by atoms with Gasteiger partial charge in [0.15, 0.2) is 6.10 Å². The maximum Gasteiger partial charge on any atom is 0.338 e. The molecule has 0 spiro atoms. The summed E-state index contributed by atoms with van der Waals surface area (Å²) in [5.74, 6) is -1.55. The summed E-state index contributed by atoms with van der Waals surface area (Å²) in [4.78, 5) is 23.3. The number of benzene rings is 2. The molecule has 3 rings (SSSR count). The summed E-state index contributed by atoms with van der Waals surface area (Å²) in [6.45, 7) is 1.65. The smallest absolute Gasteiger partial charge is 0.338 e. The lowest BCUT2D eigenvalue weighted by Crippen LogP contribution is -2.35. The number of carbonyl (C=O) groups is 2. The van der Waals surface area contributed by atoms with Crippen molar-refractivity contribution in [2.24, 2.45) is 5.73 Å². The second kappa shape index (κ2) is 8.12. The van der Waals surface area contributed by atoms with E-state index in [0.29, 0.717) is 18.7 Å². The van der Waals surface area contributed by atoms with Gasteiger partial charge in [0.25, 0.3) is 15.9 Å². The highest BCUT2D eigenvalue weighted by molar-refractivity contribution is 7.93. The molecule has 0 unspecified atom stereocenters. The number of fused-ring (bicyclic) bond motifs is 1. The van der Waals surface area contributed by atoms with Crippen LogP contribution < -0.4 is 14.8 Å². The van der Waals surface area contributed by atoms with Crippen molar-refractivity contribution in [1.29, 1.82) is 0 Å². The first-order chi connectivity index (χ1) is 13.8. The third kappa shape index (κ3) is 4.04. The van der Waals surface area contributed by atoms with Crippen LogP contribution in [0.25, 0.3) is 0 Å². The number of carbonyl (C=O) groups excluding carboxylic acids is 2. The van der Waals surface area contributed by atoms with Crippen molar-refractivity contribution in [3.8, 4) is 5.75 Å². The van der Waals surface area contributed by atoms with Gasteiger partial charge in [0, 0.05) is 6.54 Å². The van der Waals surface area contributed by atoms with Crippen molar-refractivity contribution in [2.75, 3.05) is 18.0 Å². The molecular formula is C20H22N2O6S. The summed E-state index contributed by atoms with van der Waals surface area (Å²) in [6, 6.07) is 11.3. The van der Waals surface area contributed by atoms with Gasteiger partial charge >= 0.3 is 5.97 Å². The summed E-state index contributed by atoms with van der Waals surface area (Å²) >= 11 is 0. The van der Waals surface area contributed by atoms with E-state index in [0.717, 1.165) is 12.0 Å². The van der Waals surface area contributed by atoms with Crippen molar-refractivity contribution in [3.05, 3.63) is 53.6 Å². The molecule has 2 N–H and O–H groups in total. The number of methoxy groups -OCH3 is 1. The summed E-state index contributed by atoms with van der Waals surface area (Å²) in [5.41, 5.74) is 6.63. The molecule has 0 saturated carbocycles. The number of hydrogen-bond acceptors (Lipinski definition) is 6. The lowest BCUT2D eigenvalue weighted by Gasteiger charge is -2.31. The number of nitrogens with zero attached hydrogens (tertiary/aromatic N) is 1. The second-order valence-corrected chi connectivity index (χ2v) is 8.46. The van der Waals surface area contributed by atoms with E-state index in [-0.39, 0.29) is 16.2 Å². The van der Waals surface area contributed by atoms with Crippen molar-refractivity contribution < 1.29 is 27.5 Å². The summed E-state index contributed by atoms with van der Waals surface area (Å²) in [6.07, 6.45) is 0.325. The Morgan fingerprint density at radius 1 is 1.17 bits per heavy atom. The molecule has 0 bridgehead atoms. The third-order valence-electron chi connectivity index (χ3n) is 4.72. The summed E-state index contributed by atoms with van der Waals surface area (Å²) < 4.78 is 38.4. The number of aryl methyl sites for hydroxylation is 1. The van der Waals surface area contributed by atoms with Crippen LogP contribution in [0.2, 0.25) is 0 Å². The van der Waals surface area contributed by atoms with Gasteiger partial charge < -0.3 is 15.2 Å². The molecule has 29 heavy (non-hydrogen) atoms. The number of para-hydroxylation sites is 1. The molecule has 8 nitrogen and oxygen atoms in total. The van der Waals surface area contributed by atoms with Crippen LogP contribution in [0, 0.1) is 0 Å². The van der Waals surface area contributed by atoms with E-state index in [9.17, 15) is 18.0 Å². The van der Waals surface area contributed by atoms with Gasteiger partial charge in [-0.1, -0.05) is 18.2 Å².